The minimum Gasteiger partial charge on any atom is -0.478 e. The number of benzene rings is 1. The van der Waals surface area contributed by atoms with Crippen LogP contribution in [0.2, 0.25) is 0 Å². The van der Waals surface area contributed by atoms with Crippen LogP contribution in [0.4, 0.5) is 14.5 Å². The number of halogens is 2. The third-order valence-corrected chi connectivity index (χ3v) is 3.07. The molecule has 0 bridgehead atoms. The van der Waals surface area contributed by atoms with Gasteiger partial charge in [-0.1, -0.05) is 6.08 Å². The number of carbonyl (C=O) groups excluding carboxylic acids is 1. The highest BCUT2D eigenvalue weighted by atomic mass is 19.2. The van der Waals surface area contributed by atoms with Crippen LogP contribution in [0.1, 0.15) is 16.8 Å². The Morgan fingerprint density at radius 1 is 1.42 bits per heavy atom. The molecular weight excluding hydrogens is 256 g/mol. The van der Waals surface area contributed by atoms with Gasteiger partial charge >= 0.3 is 5.97 Å². The van der Waals surface area contributed by atoms with Gasteiger partial charge in [0.1, 0.15) is 0 Å². The number of carboxylic acid groups (broad SMARTS) is 1. The number of anilines is 1. The van der Waals surface area contributed by atoms with Gasteiger partial charge < -0.3 is 10.0 Å². The molecule has 1 unspecified atom stereocenters. The first kappa shape index (κ1) is 13.2. The fourth-order valence-electron chi connectivity index (χ4n) is 2.04. The Morgan fingerprint density at radius 2 is 2.11 bits per heavy atom. The van der Waals surface area contributed by atoms with E-state index >= 15 is 0 Å². The van der Waals surface area contributed by atoms with Gasteiger partial charge in [-0.25, -0.2) is 13.6 Å². The second-order valence-electron chi connectivity index (χ2n) is 4.27. The first-order chi connectivity index (χ1) is 8.95. The molecule has 1 aliphatic heterocycles. The van der Waals surface area contributed by atoms with Crippen molar-refractivity contribution in [2.45, 2.75) is 6.42 Å². The Hall–Kier alpha value is -2.24. The molecule has 2 rings (SSSR count). The minimum atomic E-state index is -1.56. The van der Waals surface area contributed by atoms with Crippen LogP contribution in [0, 0.1) is 17.6 Å². The lowest BCUT2D eigenvalue weighted by molar-refractivity contribution is -0.117. The number of amides is 1. The van der Waals surface area contributed by atoms with E-state index in [4.69, 9.17) is 5.11 Å². The smallest absolute Gasteiger partial charge is 0.338 e. The quantitative estimate of drug-likeness (QED) is 0.854. The number of carbonyl (C=O) groups is 2. The van der Waals surface area contributed by atoms with Crippen LogP contribution in [0.25, 0.3) is 0 Å². The summed E-state index contributed by atoms with van der Waals surface area (Å²) >= 11 is 0. The van der Waals surface area contributed by atoms with E-state index in [0.29, 0.717) is 0 Å². The molecule has 1 N–H and O–H groups in total. The van der Waals surface area contributed by atoms with Crippen LogP contribution in [-0.4, -0.2) is 23.5 Å². The zero-order chi connectivity index (χ0) is 14.2. The molecule has 1 amide bonds. The highest BCUT2D eigenvalue weighted by Gasteiger charge is 2.32. The molecule has 100 valence electrons. The molecule has 1 aromatic rings. The van der Waals surface area contributed by atoms with Crippen LogP contribution >= 0.6 is 0 Å². The van der Waals surface area contributed by atoms with Crippen LogP contribution in [0.5, 0.6) is 0 Å². The Labute approximate surface area is 107 Å². The number of hydrogen-bond acceptors (Lipinski definition) is 2. The lowest BCUT2D eigenvalue weighted by Gasteiger charge is -2.17. The Bertz CT molecular complexity index is 571. The summed E-state index contributed by atoms with van der Waals surface area (Å²) in [6, 6.07) is 2.05. The predicted octanol–water partition coefficient (Wildman–Crippen LogP) is 2.20. The van der Waals surface area contributed by atoms with E-state index < -0.39 is 23.2 Å². The average Bonchev–Trinajstić information content (AvgIpc) is 2.73. The molecule has 0 radical (unpaired) electrons. The van der Waals surface area contributed by atoms with Gasteiger partial charge in [0.25, 0.3) is 0 Å². The number of carboxylic acids is 1. The van der Waals surface area contributed by atoms with E-state index in [1.165, 1.54) is 0 Å². The van der Waals surface area contributed by atoms with Crippen molar-refractivity contribution in [3.63, 3.8) is 0 Å². The van der Waals surface area contributed by atoms with Gasteiger partial charge in [0.15, 0.2) is 11.6 Å². The van der Waals surface area contributed by atoms with Gasteiger partial charge in [0, 0.05) is 18.9 Å². The van der Waals surface area contributed by atoms with Crippen LogP contribution in [0.15, 0.2) is 24.8 Å². The monoisotopic (exact) mass is 267 g/mol. The van der Waals surface area contributed by atoms with Gasteiger partial charge in [-0.15, -0.1) is 6.58 Å². The fraction of sp³-hybridized carbons (Fsp3) is 0.231. The Kier molecular flexibility index (Phi) is 3.33. The molecule has 0 saturated carbocycles. The first-order valence-electron chi connectivity index (χ1n) is 5.60. The summed E-state index contributed by atoms with van der Waals surface area (Å²) in [6.45, 7) is 3.77. The molecule has 19 heavy (non-hydrogen) atoms. The highest BCUT2D eigenvalue weighted by molar-refractivity contribution is 5.97. The lowest BCUT2D eigenvalue weighted by atomic mass is 10.1. The summed E-state index contributed by atoms with van der Waals surface area (Å²) in [5, 5.41) is 8.68. The van der Waals surface area contributed by atoms with E-state index in [9.17, 15) is 18.4 Å². The molecule has 1 heterocycles. The molecule has 4 nitrogen and oxygen atoms in total. The summed E-state index contributed by atoms with van der Waals surface area (Å²) in [5.74, 6) is -4.79. The summed E-state index contributed by atoms with van der Waals surface area (Å²) < 4.78 is 27.4. The average molecular weight is 267 g/mol. The zero-order valence-electron chi connectivity index (χ0n) is 9.90. The zero-order valence-corrected chi connectivity index (χ0v) is 9.90. The number of nitrogens with zero attached hydrogens (tertiary/aromatic N) is 1. The number of aromatic carboxylic acids is 1. The van der Waals surface area contributed by atoms with Gasteiger partial charge in [0.05, 0.1) is 11.3 Å². The molecule has 1 atom stereocenters. The van der Waals surface area contributed by atoms with E-state index in [0.717, 1.165) is 17.0 Å². The van der Waals surface area contributed by atoms with E-state index in [-0.39, 0.29) is 30.5 Å². The maximum Gasteiger partial charge on any atom is 0.338 e. The standard InChI is InChI=1S/C13H11F2NO3/c1-2-7-5-10(17)16(6-7)9-4-3-8(13(18)19)11(14)12(9)15/h2-4,7H,1,5-6H2,(H,18,19). The molecule has 1 aromatic carbocycles. The van der Waals surface area contributed by atoms with Crippen LogP contribution in [-0.2, 0) is 4.79 Å². The largest absolute Gasteiger partial charge is 0.478 e. The van der Waals surface area contributed by atoms with E-state index in [1.807, 2.05) is 0 Å². The normalized spacial score (nSPS) is 18.7. The first-order valence-corrected chi connectivity index (χ1v) is 5.60. The highest BCUT2D eigenvalue weighted by Crippen LogP contribution is 2.30. The topological polar surface area (TPSA) is 57.6 Å². The molecule has 1 aliphatic rings. The lowest BCUT2D eigenvalue weighted by Crippen LogP contribution is -2.26. The molecule has 0 aliphatic carbocycles. The molecule has 1 fully saturated rings. The molecule has 0 spiro atoms. The summed E-state index contributed by atoms with van der Waals surface area (Å²) in [7, 11) is 0. The van der Waals surface area contributed by atoms with Crippen LogP contribution < -0.4 is 4.90 Å². The summed E-state index contributed by atoms with van der Waals surface area (Å²) in [6.07, 6.45) is 1.77. The molecular formula is C13H11F2NO3. The molecule has 1 saturated heterocycles. The van der Waals surface area contributed by atoms with Gasteiger partial charge in [-0.3, -0.25) is 4.79 Å². The van der Waals surface area contributed by atoms with Crippen molar-refractivity contribution in [1.82, 2.24) is 0 Å². The van der Waals surface area contributed by atoms with Crippen LogP contribution in [0.3, 0.4) is 0 Å². The maximum atomic E-state index is 13.8. The van der Waals surface area contributed by atoms with E-state index in [1.54, 1.807) is 6.08 Å². The second-order valence-corrected chi connectivity index (χ2v) is 4.27. The summed E-state index contributed by atoms with van der Waals surface area (Å²) in [5.41, 5.74) is -0.995. The molecule has 6 heteroatoms. The van der Waals surface area contributed by atoms with Gasteiger partial charge in [0.2, 0.25) is 5.91 Å². The SMILES string of the molecule is C=CC1CC(=O)N(c2ccc(C(=O)O)c(F)c2F)C1. The third kappa shape index (κ3) is 2.21. The van der Waals surface area contributed by atoms with Crippen molar-refractivity contribution in [1.29, 1.82) is 0 Å². The van der Waals surface area contributed by atoms with Crippen molar-refractivity contribution < 1.29 is 23.5 Å². The van der Waals surface area contributed by atoms with Crippen molar-refractivity contribution in [2.24, 2.45) is 5.92 Å². The van der Waals surface area contributed by atoms with E-state index in [2.05, 4.69) is 6.58 Å². The van der Waals surface area contributed by atoms with Crippen molar-refractivity contribution in [3.05, 3.63) is 42.0 Å². The van der Waals surface area contributed by atoms with Gasteiger partial charge in [-0.2, -0.15) is 0 Å². The molecule has 0 aromatic heterocycles. The third-order valence-electron chi connectivity index (χ3n) is 3.07. The Morgan fingerprint density at radius 3 is 2.63 bits per heavy atom. The van der Waals surface area contributed by atoms with Crippen molar-refractivity contribution in [2.75, 3.05) is 11.4 Å². The fourth-order valence-corrected chi connectivity index (χ4v) is 2.04. The minimum absolute atomic E-state index is 0.117. The Balaban J connectivity index is 2.42. The van der Waals surface area contributed by atoms with Gasteiger partial charge in [-0.05, 0) is 12.1 Å². The van der Waals surface area contributed by atoms with Crippen molar-refractivity contribution in [3.8, 4) is 0 Å². The number of rotatable bonds is 3. The second kappa shape index (κ2) is 4.79. The van der Waals surface area contributed by atoms with Crippen molar-refractivity contribution >= 4 is 17.6 Å². The number of hydrogen-bond donors (Lipinski definition) is 1. The predicted molar refractivity (Wildman–Crippen MR) is 64.0 cm³/mol. The summed E-state index contributed by atoms with van der Waals surface area (Å²) in [4.78, 5) is 23.5. The maximum absolute atomic E-state index is 13.8.